The largest absolute Gasteiger partial charge is 0.324 e. The molecule has 0 aliphatic rings. The van der Waals surface area contributed by atoms with Crippen LogP contribution in [0.15, 0.2) is 33.8 Å². The van der Waals surface area contributed by atoms with E-state index in [4.69, 9.17) is 0 Å². The minimum absolute atomic E-state index is 0.0730. The lowest BCUT2D eigenvalue weighted by molar-refractivity contribution is -0.116. The molecule has 0 saturated carbocycles. The number of aryl methyl sites for hydroxylation is 3. The monoisotopic (exact) mass is 405 g/mol. The molecule has 1 aromatic carbocycles. The van der Waals surface area contributed by atoms with Crippen LogP contribution in [0.25, 0.3) is 10.2 Å². The van der Waals surface area contributed by atoms with Crippen LogP contribution in [0.1, 0.15) is 16.0 Å². The molecule has 0 spiro atoms. The summed E-state index contributed by atoms with van der Waals surface area (Å²) in [4.78, 5) is 31.0. The minimum Gasteiger partial charge on any atom is -0.324 e. The summed E-state index contributed by atoms with van der Waals surface area (Å²) in [6.07, 6.45) is 1.43. The van der Waals surface area contributed by atoms with E-state index in [0.29, 0.717) is 15.9 Å². The van der Waals surface area contributed by atoms with Gasteiger partial charge in [0.05, 0.1) is 17.4 Å². The van der Waals surface area contributed by atoms with E-state index < -0.39 is 0 Å². The Morgan fingerprint density at radius 3 is 2.79 bits per heavy atom. The third-order valence-corrected chi connectivity index (χ3v) is 5.64. The molecule has 124 valence electrons. The first-order chi connectivity index (χ1) is 11.4. The number of rotatable bonds is 3. The number of hydrogen-bond donors (Lipinski definition) is 1. The molecule has 2 heterocycles. The van der Waals surface area contributed by atoms with Gasteiger partial charge in [-0.1, -0.05) is 6.07 Å². The third kappa shape index (κ3) is 3.14. The van der Waals surface area contributed by atoms with Crippen molar-refractivity contribution in [3.8, 4) is 0 Å². The Bertz CT molecular complexity index is 1010. The maximum absolute atomic E-state index is 12.6. The van der Waals surface area contributed by atoms with E-state index in [0.717, 1.165) is 20.5 Å². The smallest absolute Gasteiger partial charge is 0.262 e. The number of halogens is 1. The number of carbonyl (C=O) groups excluding carboxylic acids is 1. The number of benzene rings is 1. The van der Waals surface area contributed by atoms with Crippen molar-refractivity contribution in [2.75, 3.05) is 5.32 Å². The zero-order valence-electron chi connectivity index (χ0n) is 13.5. The van der Waals surface area contributed by atoms with Crippen molar-refractivity contribution >= 4 is 49.1 Å². The van der Waals surface area contributed by atoms with Crippen molar-refractivity contribution in [1.29, 1.82) is 0 Å². The topological polar surface area (TPSA) is 64.0 Å². The SMILES string of the molecule is Cc1ccc(NC(=O)Cn2cnc3sc(C)c(C)c3c2=O)c(Br)c1. The van der Waals surface area contributed by atoms with Gasteiger partial charge in [-0.05, 0) is 60.0 Å². The average molecular weight is 406 g/mol. The second-order valence-electron chi connectivity index (χ2n) is 5.67. The lowest BCUT2D eigenvalue weighted by Gasteiger charge is -2.09. The van der Waals surface area contributed by atoms with E-state index in [2.05, 4.69) is 26.2 Å². The van der Waals surface area contributed by atoms with E-state index in [-0.39, 0.29) is 18.0 Å². The molecule has 24 heavy (non-hydrogen) atoms. The Labute approximate surface area is 151 Å². The highest BCUT2D eigenvalue weighted by Crippen LogP contribution is 2.25. The molecule has 1 amide bonds. The van der Waals surface area contributed by atoms with Gasteiger partial charge in [-0.2, -0.15) is 0 Å². The van der Waals surface area contributed by atoms with E-state index in [1.54, 1.807) is 0 Å². The van der Waals surface area contributed by atoms with Gasteiger partial charge in [0.15, 0.2) is 0 Å². The molecule has 3 aromatic rings. The van der Waals surface area contributed by atoms with Crippen LogP contribution in [0.5, 0.6) is 0 Å². The summed E-state index contributed by atoms with van der Waals surface area (Å²) < 4.78 is 2.15. The number of fused-ring (bicyclic) bond motifs is 1. The molecule has 3 rings (SSSR count). The molecule has 0 fully saturated rings. The molecular formula is C17H16BrN3O2S. The highest BCUT2D eigenvalue weighted by Gasteiger charge is 2.14. The van der Waals surface area contributed by atoms with Crippen LogP contribution >= 0.6 is 27.3 Å². The maximum atomic E-state index is 12.6. The summed E-state index contributed by atoms with van der Waals surface area (Å²) >= 11 is 4.92. The molecule has 0 unspecified atom stereocenters. The maximum Gasteiger partial charge on any atom is 0.262 e. The Morgan fingerprint density at radius 1 is 1.33 bits per heavy atom. The summed E-state index contributed by atoms with van der Waals surface area (Å²) in [5.41, 5.74) is 2.52. The van der Waals surface area contributed by atoms with Gasteiger partial charge in [-0.3, -0.25) is 14.2 Å². The lowest BCUT2D eigenvalue weighted by Crippen LogP contribution is -2.28. The standard InChI is InChI=1S/C17H16BrN3O2S/c1-9-4-5-13(12(18)6-9)20-14(22)7-21-8-19-16-15(17(21)23)10(2)11(3)24-16/h4-6,8H,7H2,1-3H3,(H,20,22). The molecule has 0 atom stereocenters. The van der Waals surface area contributed by atoms with Gasteiger partial charge in [0.25, 0.3) is 5.56 Å². The molecule has 0 bridgehead atoms. The van der Waals surface area contributed by atoms with E-state index >= 15 is 0 Å². The first-order valence-electron chi connectivity index (χ1n) is 7.38. The quantitative estimate of drug-likeness (QED) is 0.720. The van der Waals surface area contributed by atoms with Gasteiger partial charge in [0.1, 0.15) is 11.4 Å². The Kier molecular flexibility index (Phi) is 4.56. The zero-order chi connectivity index (χ0) is 17.4. The van der Waals surface area contributed by atoms with Crippen molar-refractivity contribution in [1.82, 2.24) is 9.55 Å². The molecule has 0 aliphatic heterocycles. The number of thiophene rings is 1. The van der Waals surface area contributed by atoms with E-state index in [1.807, 2.05) is 39.0 Å². The summed E-state index contributed by atoms with van der Waals surface area (Å²) in [6, 6.07) is 5.67. The van der Waals surface area contributed by atoms with E-state index in [9.17, 15) is 9.59 Å². The lowest BCUT2D eigenvalue weighted by atomic mass is 10.2. The number of anilines is 1. The zero-order valence-corrected chi connectivity index (χ0v) is 15.9. The van der Waals surface area contributed by atoms with Crippen molar-refractivity contribution < 1.29 is 4.79 Å². The summed E-state index contributed by atoms with van der Waals surface area (Å²) in [5, 5.41) is 3.41. The van der Waals surface area contributed by atoms with Crippen molar-refractivity contribution in [3.63, 3.8) is 0 Å². The van der Waals surface area contributed by atoms with Gasteiger partial charge in [-0.15, -0.1) is 11.3 Å². The van der Waals surface area contributed by atoms with Crippen LogP contribution in [0.3, 0.4) is 0 Å². The molecule has 0 saturated heterocycles. The Hall–Kier alpha value is -1.99. The number of hydrogen-bond acceptors (Lipinski definition) is 4. The molecule has 0 radical (unpaired) electrons. The van der Waals surface area contributed by atoms with Crippen molar-refractivity contribution in [2.24, 2.45) is 0 Å². The Balaban J connectivity index is 1.87. The average Bonchev–Trinajstić information content (AvgIpc) is 2.81. The third-order valence-electron chi connectivity index (χ3n) is 3.87. The highest BCUT2D eigenvalue weighted by atomic mass is 79.9. The van der Waals surface area contributed by atoms with Crippen LogP contribution in [0.2, 0.25) is 0 Å². The molecular weight excluding hydrogens is 390 g/mol. The number of carbonyl (C=O) groups is 1. The fourth-order valence-corrected chi connectivity index (χ4v) is 4.03. The number of aromatic nitrogens is 2. The van der Waals surface area contributed by atoms with Crippen LogP contribution in [0.4, 0.5) is 5.69 Å². The number of nitrogens with zero attached hydrogens (tertiary/aromatic N) is 2. The second-order valence-corrected chi connectivity index (χ2v) is 7.73. The second kappa shape index (κ2) is 6.49. The van der Waals surface area contributed by atoms with Gasteiger partial charge in [0.2, 0.25) is 5.91 Å². The van der Waals surface area contributed by atoms with Crippen LogP contribution in [-0.2, 0) is 11.3 Å². The fourth-order valence-electron chi connectivity index (χ4n) is 2.45. The van der Waals surface area contributed by atoms with Crippen LogP contribution < -0.4 is 10.9 Å². The van der Waals surface area contributed by atoms with Crippen LogP contribution in [0, 0.1) is 20.8 Å². The fraction of sp³-hybridized carbons (Fsp3) is 0.235. The summed E-state index contributed by atoms with van der Waals surface area (Å²) in [7, 11) is 0. The highest BCUT2D eigenvalue weighted by molar-refractivity contribution is 9.10. The van der Waals surface area contributed by atoms with Gasteiger partial charge >= 0.3 is 0 Å². The van der Waals surface area contributed by atoms with E-state index in [1.165, 1.54) is 22.2 Å². The van der Waals surface area contributed by atoms with Crippen LogP contribution in [-0.4, -0.2) is 15.5 Å². The van der Waals surface area contributed by atoms with Gasteiger partial charge < -0.3 is 5.32 Å². The summed E-state index contributed by atoms with van der Waals surface area (Å²) in [6.45, 7) is 5.77. The van der Waals surface area contributed by atoms with Crippen molar-refractivity contribution in [2.45, 2.75) is 27.3 Å². The molecule has 2 aromatic heterocycles. The normalized spacial score (nSPS) is 11.0. The summed E-state index contributed by atoms with van der Waals surface area (Å²) in [5.74, 6) is -0.271. The molecule has 0 aliphatic carbocycles. The number of amides is 1. The molecule has 1 N–H and O–H groups in total. The molecule has 7 heteroatoms. The van der Waals surface area contributed by atoms with Gasteiger partial charge in [0, 0.05) is 9.35 Å². The predicted molar refractivity (Wildman–Crippen MR) is 101 cm³/mol. The van der Waals surface area contributed by atoms with Crippen molar-refractivity contribution in [3.05, 3.63) is 55.4 Å². The molecule has 5 nitrogen and oxygen atoms in total. The number of nitrogens with one attached hydrogen (secondary N) is 1. The minimum atomic E-state index is -0.271. The van der Waals surface area contributed by atoms with Gasteiger partial charge in [-0.25, -0.2) is 4.98 Å². The first kappa shape index (κ1) is 16.9. The predicted octanol–water partition coefficient (Wildman–Crippen LogP) is 3.78. The Morgan fingerprint density at radius 2 is 2.08 bits per heavy atom. The first-order valence-corrected chi connectivity index (χ1v) is 8.99.